The van der Waals surface area contributed by atoms with Gasteiger partial charge in [0.25, 0.3) is 5.91 Å². The third-order valence-corrected chi connectivity index (χ3v) is 6.37. The Hall–Kier alpha value is -4.40. The number of nitrogens with zero attached hydrogens (tertiary/aromatic N) is 1. The van der Waals surface area contributed by atoms with Gasteiger partial charge in [-0.05, 0) is 37.1 Å². The highest BCUT2D eigenvalue weighted by Crippen LogP contribution is 2.23. The Balaban J connectivity index is 1.63. The lowest BCUT2D eigenvalue weighted by molar-refractivity contribution is -0.171. The SMILES string of the molecule is CCCCCC(C(=O)NCNC(=O)c1ccc(-c2ccccc2)o1)C(CC)N(C=O)OC(=O)c1ccccc1. The molecule has 206 valence electrons. The van der Waals surface area contributed by atoms with Crippen molar-refractivity contribution < 1.29 is 28.4 Å². The second-order valence-electron chi connectivity index (χ2n) is 9.04. The molecule has 1 aromatic heterocycles. The average Bonchev–Trinajstić information content (AvgIpc) is 3.47. The van der Waals surface area contributed by atoms with Crippen molar-refractivity contribution in [2.45, 2.75) is 52.0 Å². The third kappa shape index (κ3) is 8.29. The summed E-state index contributed by atoms with van der Waals surface area (Å²) in [4.78, 5) is 55.7. The second-order valence-corrected chi connectivity index (χ2v) is 9.04. The van der Waals surface area contributed by atoms with Gasteiger partial charge in [0, 0.05) is 5.56 Å². The summed E-state index contributed by atoms with van der Waals surface area (Å²) < 4.78 is 5.66. The number of furan rings is 1. The summed E-state index contributed by atoms with van der Waals surface area (Å²) in [7, 11) is 0. The zero-order chi connectivity index (χ0) is 28.0. The van der Waals surface area contributed by atoms with Gasteiger partial charge in [-0.2, -0.15) is 5.06 Å². The lowest BCUT2D eigenvalue weighted by atomic mass is 9.90. The van der Waals surface area contributed by atoms with E-state index in [0.717, 1.165) is 29.9 Å². The molecule has 3 rings (SSSR count). The van der Waals surface area contributed by atoms with E-state index in [1.54, 1.807) is 42.5 Å². The van der Waals surface area contributed by atoms with Gasteiger partial charge in [-0.3, -0.25) is 14.4 Å². The fraction of sp³-hybridized carbons (Fsp3) is 0.333. The average molecular weight is 534 g/mol. The van der Waals surface area contributed by atoms with Crippen LogP contribution in [0.3, 0.4) is 0 Å². The molecule has 3 amide bonds. The molecule has 0 aliphatic heterocycles. The van der Waals surface area contributed by atoms with Crippen LogP contribution in [-0.4, -0.2) is 42.0 Å². The Bertz CT molecular complexity index is 1210. The van der Waals surface area contributed by atoms with Crippen LogP contribution in [0.25, 0.3) is 11.3 Å². The minimum atomic E-state index is -0.686. The standard InChI is InChI=1S/C30H35N3O6/c1-3-5-8-17-24(25(4-2)33(21-34)39-30(37)23-15-11-7-12-16-23)28(35)31-20-32-29(36)27-19-18-26(38-27)22-13-9-6-10-14-22/h6-7,9-16,18-19,21,24-25H,3-5,8,17,20H2,1-2H3,(H,31,35)(H,32,36). The summed E-state index contributed by atoms with van der Waals surface area (Å²) in [5, 5.41) is 6.30. The van der Waals surface area contributed by atoms with Gasteiger partial charge in [-0.1, -0.05) is 81.6 Å². The first-order valence-electron chi connectivity index (χ1n) is 13.2. The van der Waals surface area contributed by atoms with Crippen molar-refractivity contribution in [3.63, 3.8) is 0 Å². The van der Waals surface area contributed by atoms with Crippen molar-refractivity contribution in [1.29, 1.82) is 0 Å². The van der Waals surface area contributed by atoms with Gasteiger partial charge in [-0.25, -0.2) is 4.79 Å². The van der Waals surface area contributed by atoms with E-state index >= 15 is 0 Å². The van der Waals surface area contributed by atoms with E-state index in [2.05, 4.69) is 17.6 Å². The fourth-order valence-corrected chi connectivity index (χ4v) is 4.29. The summed E-state index contributed by atoms with van der Waals surface area (Å²) in [5.41, 5.74) is 1.14. The van der Waals surface area contributed by atoms with Crippen molar-refractivity contribution in [2.24, 2.45) is 5.92 Å². The van der Waals surface area contributed by atoms with E-state index in [1.165, 1.54) is 0 Å². The van der Waals surface area contributed by atoms with Gasteiger partial charge >= 0.3 is 5.97 Å². The maximum atomic E-state index is 13.3. The van der Waals surface area contributed by atoms with Crippen LogP contribution in [0, 0.1) is 5.92 Å². The molecular weight excluding hydrogens is 498 g/mol. The van der Waals surface area contributed by atoms with E-state index in [9.17, 15) is 19.2 Å². The predicted octanol–water partition coefficient (Wildman–Crippen LogP) is 4.96. The minimum absolute atomic E-state index is 0.119. The van der Waals surface area contributed by atoms with Crippen LogP contribution in [0.2, 0.25) is 0 Å². The van der Waals surface area contributed by atoms with E-state index < -0.39 is 23.8 Å². The molecule has 0 aliphatic carbocycles. The molecule has 0 radical (unpaired) electrons. The maximum Gasteiger partial charge on any atom is 0.363 e. The first-order chi connectivity index (χ1) is 19.0. The number of nitrogens with one attached hydrogen (secondary N) is 2. The third-order valence-electron chi connectivity index (χ3n) is 6.37. The number of hydrogen-bond donors (Lipinski definition) is 2. The molecule has 2 unspecified atom stereocenters. The molecule has 0 spiro atoms. The summed E-state index contributed by atoms with van der Waals surface area (Å²) in [6.45, 7) is 3.74. The number of unbranched alkanes of at least 4 members (excludes halogenated alkanes) is 2. The Morgan fingerprint density at radius 1 is 0.923 bits per heavy atom. The minimum Gasteiger partial charge on any atom is -0.451 e. The maximum absolute atomic E-state index is 13.3. The first kappa shape index (κ1) is 29.2. The Morgan fingerprint density at radius 3 is 2.26 bits per heavy atom. The van der Waals surface area contributed by atoms with Crippen LogP contribution in [0.5, 0.6) is 0 Å². The first-order valence-corrected chi connectivity index (χ1v) is 13.2. The zero-order valence-electron chi connectivity index (χ0n) is 22.3. The van der Waals surface area contributed by atoms with E-state index in [4.69, 9.17) is 9.25 Å². The smallest absolute Gasteiger partial charge is 0.363 e. The van der Waals surface area contributed by atoms with Crippen molar-refractivity contribution >= 4 is 24.2 Å². The van der Waals surface area contributed by atoms with Crippen LogP contribution in [0.1, 0.15) is 66.9 Å². The number of hydrogen-bond acceptors (Lipinski definition) is 6. The van der Waals surface area contributed by atoms with Crippen LogP contribution in [0.15, 0.2) is 77.2 Å². The Labute approximate surface area is 228 Å². The molecular formula is C30H35N3O6. The normalized spacial score (nSPS) is 12.2. The van der Waals surface area contributed by atoms with Gasteiger partial charge in [0.2, 0.25) is 12.3 Å². The molecule has 9 nitrogen and oxygen atoms in total. The lowest BCUT2D eigenvalue weighted by Gasteiger charge is -2.31. The number of carbonyl (C=O) groups excluding carboxylic acids is 4. The predicted molar refractivity (Wildman–Crippen MR) is 146 cm³/mol. The van der Waals surface area contributed by atoms with Crippen LogP contribution in [-0.2, 0) is 14.4 Å². The van der Waals surface area contributed by atoms with E-state index in [-0.39, 0.29) is 18.3 Å². The van der Waals surface area contributed by atoms with Crippen LogP contribution in [0.4, 0.5) is 0 Å². The molecule has 0 saturated carbocycles. The summed E-state index contributed by atoms with van der Waals surface area (Å²) in [6, 6.07) is 20.3. The molecule has 2 N–H and O–H groups in total. The van der Waals surface area contributed by atoms with Crippen molar-refractivity contribution in [1.82, 2.24) is 15.7 Å². The van der Waals surface area contributed by atoms with Gasteiger partial charge < -0.3 is 19.9 Å². The lowest BCUT2D eigenvalue weighted by Crippen LogP contribution is -2.49. The molecule has 2 atom stereocenters. The number of benzene rings is 2. The highest BCUT2D eigenvalue weighted by atomic mass is 16.7. The van der Waals surface area contributed by atoms with Crippen molar-refractivity contribution in [2.75, 3.05) is 6.67 Å². The zero-order valence-corrected chi connectivity index (χ0v) is 22.3. The monoisotopic (exact) mass is 533 g/mol. The second kappa shape index (κ2) is 15.1. The van der Waals surface area contributed by atoms with Crippen LogP contribution >= 0.6 is 0 Å². The molecule has 2 aromatic carbocycles. The summed E-state index contributed by atoms with van der Waals surface area (Å²) in [5.74, 6) is -1.49. The number of carbonyl (C=O) groups is 4. The van der Waals surface area contributed by atoms with Gasteiger partial charge in [0.15, 0.2) is 5.76 Å². The van der Waals surface area contributed by atoms with Gasteiger partial charge in [0.1, 0.15) is 5.76 Å². The van der Waals surface area contributed by atoms with Crippen LogP contribution < -0.4 is 10.6 Å². The largest absolute Gasteiger partial charge is 0.451 e. The molecule has 1 heterocycles. The van der Waals surface area contributed by atoms with Crippen molar-refractivity contribution in [3.8, 4) is 11.3 Å². The highest BCUT2D eigenvalue weighted by Gasteiger charge is 2.33. The molecule has 39 heavy (non-hydrogen) atoms. The fourth-order valence-electron chi connectivity index (χ4n) is 4.29. The summed E-state index contributed by atoms with van der Waals surface area (Å²) in [6.07, 6.45) is 3.91. The number of amides is 3. The van der Waals surface area contributed by atoms with E-state index in [0.29, 0.717) is 30.6 Å². The quantitative estimate of drug-likeness (QED) is 0.123. The van der Waals surface area contributed by atoms with E-state index in [1.807, 2.05) is 37.3 Å². The number of rotatable bonds is 15. The molecule has 0 fully saturated rings. The van der Waals surface area contributed by atoms with Gasteiger partial charge in [-0.15, -0.1) is 0 Å². The molecule has 0 bridgehead atoms. The molecule has 3 aromatic rings. The topological polar surface area (TPSA) is 118 Å². The molecule has 0 aliphatic rings. The number of hydroxylamine groups is 2. The summed E-state index contributed by atoms with van der Waals surface area (Å²) >= 11 is 0. The Kier molecular flexibility index (Phi) is 11.3. The Morgan fingerprint density at radius 2 is 1.62 bits per heavy atom. The van der Waals surface area contributed by atoms with Crippen molar-refractivity contribution in [3.05, 3.63) is 84.1 Å². The molecule has 0 saturated heterocycles. The highest BCUT2D eigenvalue weighted by molar-refractivity contribution is 5.92. The molecule has 9 heteroatoms. The van der Waals surface area contributed by atoms with Gasteiger partial charge in [0.05, 0.1) is 24.2 Å².